The predicted octanol–water partition coefficient (Wildman–Crippen LogP) is 2.00. The van der Waals surface area contributed by atoms with Gasteiger partial charge < -0.3 is 11.1 Å². The van der Waals surface area contributed by atoms with Gasteiger partial charge in [0, 0.05) is 6.54 Å². The molecule has 0 heterocycles. The van der Waals surface area contributed by atoms with E-state index in [2.05, 4.69) is 5.32 Å². The predicted molar refractivity (Wildman–Crippen MR) is 53.8 cm³/mol. The number of nitrogens with two attached hydrogens (primary N) is 1. The molecule has 3 N–H and O–H groups in total. The van der Waals surface area contributed by atoms with Gasteiger partial charge in [-0.15, -0.1) is 0 Å². The molecule has 2 nitrogen and oxygen atoms in total. The molecule has 0 bridgehead atoms. The molecular formula is C10H18F4N2. The van der Waals surface area contributed by atoms with Crippen LogP contribution in [0.15, 0.2) is 0 Å². The van der Waals surface area contributed by atoms with E-state index < -0.39 is 18.9 Å². The molecule has 0 radical (unpaired) electrons. The average Bonchev–Trinajstić information content (AvgIpc) is 2.67. The lowest BCUT2D eigenvalue weighted by molar-refractivity contribution is -0.125. The third-order valence-corrected chi connectivity index (χ3v) is 3.28. The largest absolute Gasteiger partial charge is 0.330 e. The van der Waals surface area contributed by atoms with Gasteiger partial charge in [-0.3, -0.25) is 0 Å². The van der Waals surface area contributed by atoms with Crippen molar-refractivity contribution in [1.29, 1.82) is 0 Å². The molecule has 96 valence electrons. The van der Waals surface area contributed by atoms with Crippen molar-refractivity contribution < 1.29 is 17.6 Å². The Morgan fingerprint density at radius 3 is 2.25 bits per heavy atom. The van der Waals surface area contributed by atoms with Gasteiger partial charge in [0.05, 0.1) is 6.54 Å². The van der Waals surface area contributed by atoms with Crippen LogP contribution in [-0.2, 0) is 0 Å². The second-order valence-electron chi connectivity index (χ2n) is 4.58. The van der Waals surface area contributed by atoms with Gasteiger partial charge >= 0.3 is 12.3 Å². The van der Waals surface area contributed by atoms with Gasteiger partial charge in [0.1, 0.15) is 0 Å². The number of halogens is 4. The summed E-state index contributed by atoms with van der Waals surface area (Å²) < 4.78 is 49.0. The number of hydrogen-bond acceptors (Lipinski definition) is 2. The zero-order valence-corrected chi connectivity index (χ0v) is 9.12. The Morgan fingerprint density at radius 2 is 1.81 bits per heavy atom. The number of alkyl halides is 4. The molecule has 1 aliphatic carbocycles. The number of rotatable bonds is 6. The summed E-state index contributed by atoms with van der Waals surface area (Å²) in [4.78, 5) is 0. The first-order valence-corrected chi connectivity index (χ1v) is 5.49. The van der Waals surface area contributed by atoms with Crippen molar-refractivity contribution in [3.8, 4) is 0 Å². The highest BCUT2D eigenvalue weighted by atomic mass is 19.3. The Morgan fingerprint density at radius 1 is 1.25 bits per heavy atom. The summed E-state index contributed by atoms with van der Waals surface area (Å²) in [7, 11) is 0. The van der Waals surface area contributed by atoms with E-state index in [1.807, 2.05) is 0 Å². The Hall–Kier alpha value is -0.360. The first-order chi connectivity index (χ1) is 7.42. The van der Waals surface area contributed by atoms with Gasteiger partial charge in [-0.2, -0.15) is 8.78 Å². The van der Waals surface area contributed by atoms with Crippen LogP contribution in [0.3, 0.4) is 0 Å². The molecule has 6 heteroatoms. The standard InChI is InChI=1S/C10H18F4N2/c11-8(12)10(13,14)7-16-6-9(5-15)3-1-2-4-9/h8,16H,1-7,15H2. The molecule has 0 amide bonds. The fourth-order valence-electron chi connectivity index (χ4n) is 2.15. The molecule has 1 saturated carbocycles. The molecule has 0 saturated heterocycles. The maximum absolute atomic E-state index is 12.6. The smallest absolute Gasteiger partial charge is 0.319 e. The fourth-order valence-corrected chi connectivity index (χ4v) is 2.15. The molecular weight excluding hydrogens is 224 g/mol. The van der Waals surface area contributed by atoms with Crippen molar-refractivity contribution in [1.82, 2.24) is 5.32 Å². The van der Waals surface area contributed by atoms with Gasteiger partial charge in [0.25, 0.3) is 0 Å². The van der Waals surface area contributed by atoms with Crippen LogP contribution >= 0.6 is 0 Å². The molecule has 0 spiro atoms. The van der Waals surface area contributed by atoms with Crippen molar-refractivity contribution in [3.63, 3.8) is 0 Å². The van der Waals surface area contributed by atoms with E-state index >= 15 is 0 Å². The molecule has 16 heavy (non-hydrogen) atoms. The highest BCUT2D eigenvalue weighted by molar-refractivity contribution is 4.88. The topological polar surface area (TPSA) is 38.0 Å². The highest BCUT2D eigenvalue weighted by Crippen LogP contribution is 2.36. The Balaban J connectivity index is 2.34. The molecule has 1 aliphatic rings. The van der Waals surface area contributed by atoms with Crippen molar-refractivity contribution in [3.05, 3.63) is 0 Å². The fraction of sp³-hybridized carbons (Fsp3) is 1.00. The SMILES string of the molecule is NCC1(CNCC(F)(F)C(F)F)CCCC1. The minimum Gasteiger partial charge on any atom is -0.330 e. The summed E-state index contributed by atoms with van der Waals surface area (Å²) in [5.74, 6) is -3.95. The van der Waals surface area contributed by atoms with Crippen molar-refractivity contribution in [2.75, 3.05) is 19.6 Å². The van der Waals surface area contributed by atoms with Crippen LogP contribution in [0.4, 0.5) is 17.6 Å². The Kier molecular flexibility index (Phi) is 4.55. The van der Waals surface area contributed by atoms with Crippen molar-refractivity contribution >= 4 is 0 Å². The summed E-state index contributed by atoms with van der Waals surface area (Å²) >= 11 is 0. The first-order valence-electron chi connectivity index (χ1n) is 5.49. The van der Waals surface area contributed by atoms with Gasteiger partial charge in [-0.25, -0.2) is 8.78 Å². The van der Waals surface area contributed by atoms with E-state index in [0.717, 1.165) is 25.7 Å². The van der Waals surface area contributed by atoms with Crippen molar-refractivity contribution in [2.24, 2.45) is 11.1 Å². The van der Waals surface area contributed by atoms with Crippen LogP contribution in [-0.4, -0.2) is 32.0 Å². The van der Waals surface area contributed by atoms with Crippen LogP contribution in [0.1, 0.15) is 25.7 Å². The summed E-state index contributed by atoms with van der Waals surface area (Å²) in [5, 5.41) is 2.43. The third kappa shape index (κ3) is 3.31. The van der Waals surface area contributed by atoms with Gasteiger partial charge in [-0.05, 0) is 24.8 Å². The van der Waals surface area contributed by atoms with Gasteiger partial charge in [0.2, 0.25) is 0 Å². The van der Waals surface area contributed by atoms with E-state index in [1.165, 1.54) is 0 Å². The maximum atomic E-state index is 12.6. The molecule has 0 aromatic rings. The van der Waals surface area contributed by atoms with Gasteiger partial charge in [0.15, 0.2) is 0 Å². The Bertz CT molecular complexity index is 215. The van der Waals surface area contributed by atoms with E-state index in [9.17, 15) is 17.6 Å². The second-order valence-corrected chi connectivity index (χ2v) is 4.58. The highest BCUT2D eigenvalue weighted by Gasteiger charge is 2.41. The summed E-state index contributed by atoms with van der Waals surface area (Å²) in [6.07, 6.45) is 0.222. The average molecular weight is 242 g/mol. The third-order valence-electron chi connectivity index (χ3n) is 3.28. The summed E-state index contributed by atoms with van der Waals surface area (Å²) in [6, 6.07) is 0. The first kappa shape index (κ1) is 13.7. The van der Waals surface area contributed by atoms with E-state index in [1.54, 1.807) is 0 Å². The van der Waals surface area contributed by atoms with E-state index in [0.29, 0.717) is 13.1 Å². The second kappa shape index (κ2) is 5.31. The molecule has 0 aliphatic heterocycles. The number of nitrogens with one attached hydrogen (secondary N) is 1. The van der Waals surface area contributed by atoms with Crippen molar-refractivity contribution in [2.45, 2.75) is 38.0 Å². The quantitative estimate of drug-likeness (QED) is 0.699. The lowest BCUT2D eigenvalue weighted by atomic mass is 9.86. The van der Waals surface area contributed by atoms with Crippen LogP contribution < -0.4 is 11.1 Å². The lowest BCUT2D eigenvalue weighted by Gasteiger charge is -2.28. The van der Waals surface area contributed by atoms with Crippen LogP contribution in [0.2, 0.25) is 0 Å². The number of hydrogen-bond donors (Lipinski definition) is 2. The van der Waals surface area contributed by atoms with Gasteiger partial charge in [-0.1, -0.05) is 12.8 Å². The summed E-state index contributed by atoms with van der Waals surface area (Å²) in [6.45, 7) is -0.265. The molecule has 0 atom stereocenters. The Labute approximate surface area is 92.6 Å². The normalized spacial score (nSPS) is 20.6. The lowest BCUT2D eigenvalue weighted by Crippen LogP contribution is -2.45. The maximum Gasteiger partial charge on any atom is 0.319 e. The van der Waals surface area contributed by atoms with E-state index in [4.69, 9.17) is 5.73 Å². The minimum atomic E-state index is -3.95. The molecule has 1 fully saturated rings. The zero-order valence-electron chi connectivity index (χ0n) is 9.12. The molecule has 0 aromatic heterocycles. The van der Waals surface area contributed by atoms with Crippen LogP contribution in [0, 0.1) is 5.41 Å². The summed E-state index contributed by atoms with van der Waals surface area (Å²) in [5.41, 5.74) is 5.43. The van der Waals surface area contributed by atoms with E-state index in [-0.39, 0.29) is 5.41 Å². The minimum absolute atomic E-state index is 0.168. The van der Waals surface area contributed by atoms with Crippen LogP contribution in [0.5, 0.6) is 0 Å². The zero-order chi connectivity index (χ0) is 12.2. The molecule has 0 unspecified atom stereocenters. The molecule has 0 aromatic carbocycles. The molecule has 1 rings (SSSR count). The monoisotopic (exact) mass is 242 g/mol. The van der Waals surface area contributed by atoms with Crippen LogP contribution in [0.25, 0.3) is 0 Å².